The third-order valence-corrected chi connectivity index (χ3v) is 2.90. The quantitative estimate of drug-likeness (QED) is 0.810. The Morgan fingerprint density at radius 1 is 1.40 bits per heavy atom. The second-order valence-electron chi connectivity index (χ2n) is 3.44. The third kappa shape index (κ3) is 2.39. The van der Waals surface area contributed by atoms with E-state index in [-0.39, 0.29) is 0 Å². The molecular weight excluding hydrogens is 303 g/mol. The van der Waals surface area contributed by atoms with Crippen molar-refractivity contribution < 1.29 is 0 Å². The van der Waals surface area contributed by atoms with Gasteiger partial charge >= 0.3 is 0 Å². The molecule has 0 saturated heterocycles. The lowest BCUT2D eigenvalue weighted by atomic mass is 10.3. The van der Waals surface area contributed by atoms with Crippen LogP contribution in [0.5, 0.6) is 0 Å². The Bertz CT molecular complexity index is 458. The molecule has 80 valence electrons. The Balaban J connectivity index is 2.20. The normalized spacial score (nSPS) is 10.9. The van der Waals surface area contributed by atoms with E-state index in [9.17, 15) is 0 Å². The standard InChI is InChI=1S/C10H13IN4/c1-3-8-6-9(14(2)12-8)7-15-5-4-10(11)13-15/h4-6H,3,7H2,1-2H3. The van der Waals surface area contributed by atoms with E-state index in [1.54, 1.807) is 0 Å². The molecule has 0 saturated carbocycles. The summed E-state index contributed by atoms with van der Waals surface area (Å²) in [7, 11) is 1.98. The van der Waals surface area contributed by atoms with Gasteiger partial charge in [0.25, 0.3) is 0 Å². The topological polar surface area (TPSA) is 35.6 Å². The van der Waals surface area contributed by atoms with Crippen molar-refractivity contribution in [2.75, 3.05) is 0 Å². The van der Waals surface area contributed by atoms with Gasteiger partial charge in [0.15, 0.2) is 0 Å². The number of hydrogen-bond donors (Lipinski definition) is 0. The molecule has 0 spiro atoms. The summed E-state index contributed by atoms with van der Waals surface area (Å²) in [5, 5.41) is 8.75. The van der Waals surface area contributed by atoms with Gasteiger partial charge in [0.2, 0.25) is 0 Å². The van der Waals surface area contributed by atoms with E-state index in [2.05, 4.69) is 45.8 Å². The molecule has 2 rings (SSSR count). The van der Waals surface area contributed by atoms with Crippen LogP contribution >= 0.6 is 22.6 Å². The maximum absolute atomic E-state index is 4.41. The predicted octanol–water partition coefficient (Wildman–Crippen LogP) is 1.83. The van der Waals surface area contributed by atoms with Crippen molar-refractivity contribution in [3.8, 4) is 0 Å². The summed E-state index contributed by atoms with van der Waals surface area (Å²) in [5.74, 6) is 0. The van der Waals surface area contributed by atoms with E-state index in [0.29, 0.717) is 0 Å². The number of hydrogen-bond acceptors (Lipinski definition) is 2. The first-order chi connectivity index (χ1) is 7.19. The van der Waals surface area contributed by atoms with Crippen molar-refractivity contribution in [3.05, 3.63) is 33.4 Å². The summed E-state index contributed by atoms with van der Waals surface area (Å²) in [6.45, 7) is 2.90. The first-order valence-corrected chi connectivity index (χ1v) is 5.97. The summed E-state index contributed by atoms with van der Waals surface area (Å²) in [5.41, 5.74) is 2.32. The van der Waals surface area contributed by atoms with Crippen LogP contribution in [0.2, 0.25) is 0 Å². The molecule has 15 heavy (non-hydrogen) atoms. The lowest BCUT2D eigenvalue weighted by Crippen LogP contribution is -2.06. The van der Waals surface area contributed by atoms with Gasteiger partial charge in [0.05, 0.1) is 17.9 Å². The lowest BCUT2D eigenvalue weighted by Gasteiger charge is -2.01. The molecule has 0 aliphatic carbocycles. The summed E-state index contributed by atoms with van der Waals surface area (Å²) in [6, 6.07) is 4.13. The Labute approximate surface area is 102 Å². The molecule has 0 N–H and O–H groups in total. The highest BCUT2D eigenvalue weighted by Crippen LogP contribution is 2.07. The molecule has 0 unspecified atom stereocenters. The van der Waals surface area contributed by atoms with Gasteiger partial charge in [-0.15, -0.1) is 0 Å². The van der Waals surface area contributed by atoms with Crippen molar-refractivity contribution in [1.29, 1.82) is 0 Å². The first-order valence-electron chi connectivity index (χ1n) is 4.90. The van der Waals surface area contributed by atoms with Crippen molar-refractivity contribution in [2.24, 2.45) is 7.05 Å². The largest absolute Gasteiger partial charge is 0.270 e. The molecule has 0 radical (unpaired) electrons. The maximum atomic E-state index is 4.41. The maximum Gasteiger partial charge on any atom is 0.123 e. The molecule has 2 heterocycles. The lowest BCUT2D eigenvalue weighted by molar-refractivity contribution is 0.615. The van der Waals surface area contributed by atoms with E-state index in [1.165, 1.54) is 5.69 Å². The van der Waals surface area contributed by atoms with E-state index in [0.717, 1.165) is 22.4 Å². The Morgan fingerprint density at radius 3 is 2.73 bits per heavy atom. The minimum Gasteiger partial charge on any atom is -0.270 e. The van der Waals surface area contributed by atoms with Gasteiger partial charge < -0.3 is 0 Å². The second kappa shape index (κ2) is 4.34. The molecule has 2 aromatic rings. The van der Waals surface area contributed by atoms with E-state index < -0.39 is 0 Å². The molecule has 5 heteroatoms. The Kier molecular flexibility index (Phi) is 3.08. The van der Waals surface area contributed by atoms with Gasteiger partial charge in [-0.25, -0.2) is 0 Å². The molecule has 0 aliphatic heterocycles. The predicted molar refractivity (Wildman–Crippen MR) is 66.6 cm³/mol. The summed E-state index contributed by atoms with van der Waals surface area (Å²) < 4.78 is 4.87. The molecule has 0 atom stereocenters. The molecule has 2 aromatic heterocycles. The van der Waals surface area contributed by atoms with Gasteiger partial charge in [-0.05, 0) is 41.1 Å². The van der Waals surface area contributed by atoms with Crippen LogP contribution in [-0.2, 0) is 20.0 Å². The zero-order chi connectivity index (χ0) is 10.8. The number of aromatic nitrogens is 4. The minimum absolute atomic E-state index is 0.784. The van der Waals surface area contributed by atoms with Crippen molar-refractivity contribution in [1.82, 2.24) is 19.6 Å². The number of aryl methyl sites for hydroxylation is 2. The van der Waals surface area contributed by atoms with Crippen LogP contribution < -0.4 is 0 Å². The van der Waals surface area contributed by atoms with Gasteiger partial charge in [-0.1, -0.05) is 6.92 Å². The fourth-order valence-corrected chi connectivity index (χ4v) is 1.92. The van der Waals surface area contributed by atoms with Gasteiger partial charge in [0, 0.05) is 13.2 Å². The fraction of sp³-hybridized carbons (Fsp3) is 0.400. The molecule has 0 bridgehead atoms. The third-order valence-electron chi connectivity index (χ3n) is 2.32. The van der Waals surface area contributed by atoms with E-state index >= 15 is 0 Å². The van der Waals surface area contributed by atoms with Crippen LogP contribution in [0, 0.1) is 3.70 Å². The van der Waals surface area contributed by atoms with Crippen molar-refractivity contribution in [2.45, 2.75) is 19.9 Å². The average Bonchev–Trinajstić information content (AvgIpc) is 2.75. The minimum atomic E-state index is 0.784. The SMILES string of the molecule is CCc1cc(Cn2ccc(I)n2)n(C)n1. The highest BCUT2D eigenvalue weighted by atomic mass is 127. The first kappa shape index (κ1) is 10.7. The number of nitrogens with zero attached hydrogens (tertiary/aromatic N) is 4. The van der Waals surface area contributed by atoms with Gasteiger partial charge in [-0.2, -0.15) is 10.2 Å². The molecule has 0 aliphatic rings. The second-order valence-corrected chi connectivity index (χ2v) is 4.55. The van der Waals surface area contributed by atoms with Crippen molar-refractivity contribution in [3.63, 3.8) is 0 Å². The van der Waals surface area contributed by atoms with Crippen LogP contribution in [0.3, 0.4) is 0 Å². The summed E-state index contributed by atoms with van der Waals surface area (Å²) in [4.78, 5) is 0. The Hall–Kier alpha value is -0.850. The number of halogens is 1. The molecular formula is C10H13IN4. The molecule has 0 aromatic carbocycles. The summed E-state index contributed by atoms with van der Waals surface area (Å²) in [6.07, 6.45) is 2.96. The van der Waals surface area contributed by atoms with Crippen LogP contribution in [-0.4, -0.2) is 19.6 Å². The molecule has 0 amide bonds. The molecule has 0 fully saturated rings. The van der Waals surface area contributed by atoms with Gasteiger partial charge in [-0.3, -0.25) is 9.36 Å². The van der Waals surface area contributed by atoms with Crippen LogP contribution in [0.25, 0.3) is 0 Å². The average molecular weight is 316 g/mol. The van der Waals surface area contributed by atoms with E-state index in [1.807, 2.05) is 28.7 Å². The van der Waals surface area contributed by atoms with E-state index in [4.69, 9.17) is 0 Å². The zero-order valence-corrected chi connectivity index (χ0v) is 11.0. The van der Waals surface area contributed by atoms with Crippen molar-refractivity contribution >= 4 is 22.6 Å². The Morgan fingerprint density at radius 2 is 2.20 bits per heavy atom. The van der Waals surface area contributed by atoms with Crippen LogP contribution in [0.15, 0.2) is 18.3 Å². The van der Waals surface area contributed by atoms with Crippen LogP contribution in [0.4, 0.5) is 0 Å². The zero-order valence-electron chi connectivity index (χ0n) is 8.81. The number of rotatable bonds is 3. The van der Waals surface area contributed by atoms with Crippen LogP contribution in [0.1, 0.15) is 18.3 Å². The monoisotopic (exact) mass is 316 g/mol. The van der Waals surface area contributed by atoms with Gasteiger partial charge in [0.1, 0.15) is 3.70 Å². The highest BCUT2D eigenvalue weighted by molar-refractivity contribution is 14.1. The highest BCUT2D eigenvalue weighted by Gasteiger charge is 2.04. The smallest absolute Gasteiger partial charge is 0.123 e. The fourth-order valence-electron chi connectivity index (χ4n) is 1.48. The molecule has 4 nitrogen and oxygen atoms in total. The summed E-state index contributed by atoms with van der Waals surface area (Å²) >= 11 is 2.21.